The molecule has 3 amide bonds. The van der Waals surface area contributed by atoms with E-state index in [0.717, 1.165) is 0 Å². The normalized spacial score (nSPS) is 10.1. The number of carboxylic acids is 1. The van der Waals surface area contributed by atoms with Gasteiger partial charge in [-0.05, 0) is 20.3 Å². The van der Waals surface area contributed by atoms with Crippen LogP contribution in [-0.2, 0) is 9.59 Å². The Bertz CT molecular complexity index is 291. The third-order valence-corrected chi connectivity index (χ3v) is 2.05. The van der Waals surface area contributed by atoms with E-state index in [1.807, 2.05) is 0 Å². The number of carboxylic acid groups (broad SMARTS) is 1. The zero-order chi connectivity index (χ0) is 13.4. The summed E-state index contributed by atoms with van der Waals surface area (Å²) < 4.78 is 0. The summed E-state index contributed by atoms with van der Waals surface area (Å²) in [6.07, 6.45) is 0.349. The van der Waals surface area contributed by atoms with E-state index in [2.05, 4.69) is 5.32 Å². The highest BCUT2D eigenvalue weighted by Gasteiger charge is 2.18. The van der Waals surface area contributed by atoms with Gasteiger partial charge in [0.15, 0.2) is 0 Å². The Labute approximate surface area is 100.0 Å². The number of carbonyl (C=O) groups excluding carboxylic acids is 2. The van der Waals surface area contributed by atoms with Crippen LogP contribution in [0.5, 0.6) is 0 Å². The van der Waals surface area contributed by atoms with E-state index in [4.69, 9.17) is 10.8 Å². The van der Waals surface area contributed by atoms with Gasteiger partial charge >= 0.3 is 12.0 Å². The van der Waals surface area contributed by atoms with Gasteiger partial charge in [-0.15, -0.1) is 0 Å². The molecule has 0 rings (SSSR count). The molecule has 0 aliphatic heterocycles. The Morgan fingerprint density at radius 3 is 2.35 bits per heavy atom. The highest BCUT2D eigenvalue weighted by molar-refractivity contribution is 5.83. The summed E-state index contributed by atoms with van der Waals surface area (Å²) in [5.41, 5.74) is 5.03. The van der Waals surface area contributed by atoms with Crippen LogP contribution in [0, 0.1) is 0 Å². The van der Waals surface area contributed by atoms with E-state index in [1.165, 1.54) is 4.90 Å². The molecule has 0 radical (unpaired) electrons. The third-order valence-electron chi connectivity index (χ3n) is 2.05. The van der Waals surface area contributed by atoms with Gasteiger partial charge in [-0.25, -0.2) is 4.79 Å². The third kappa shape index (κ3) is 7.15. The molecule has 98 valence electrons. The fraction of sp³-hybridized carbons (Fsp3) is 0.700. The maximum absolute atomic E-state index is 11.6. The predicted molar refractivity (Wildman–Crippen MR) is 61.3 cm³/mol. The highest BCUT2D eigenvalue weighted by Crippen LogP contribution is 1.98. The van der Waals surface area contributed by atoms with Crippen LogP contribution >= 0.6 is 0 Å². The van der Waals surface area contributed by atoms with Gasteiger partial charge in [0.25, 0.3) is 0 Å². The largest absolute Gasteiger partial charge is 0.481 e. The number of urea groups is 1. The summed E-state index contributed by atoms with van der Waals surface area (Å²) in [5, 5.41) is 11.0. The molecular formula is C10H19N3O4. The van der Waals surface area contributed by atoms with Crippen LogP contribution in [0.25, 0.3) is 0 Å². The van der Waals surface area contributed by atoms with Crippen LogP contribution in [0.3, 0.4) is 0 Å². The molecule has 0 heterocycles. The van der Waals surface area contributed by atoms with Crippen molar-refractivity contribution in [2.24, 2.45) is 5.73 Å². The Kier molecular flexibility index (Phi) is 6.69. The van der Waals surface area contributed by atoms with Crippen LogP contribution in [0.4, 0.5) is 4.79 Å². The van der Waals surface area contributed by atoms with Gasteiger partial charge in [-0.1, -0.05) is 0 Å². The van der Waals surface area contributed by atoms with Crippen LogP contribution in [0.15, 0.2) is 0 Å². The van der Waals surface area contributed by atoms with Crippen molar-refractivity contribution in [2.75, 3.05) is 13.1 Å². The second-order valence-corrected chi connectivity index (χ2v) is 3.92. The van der Waals surface area contributed by atoms with Gasteiger partial charge in [0.2, 0.25) is 5.91 Å². The zero-order valence-corrected chi connectivity index (χ0v) is 10.1. The lowest BCUT2D eigenvalue weighted by molar-refractivity contribution is -0.137. The van der Waals surface area contributed by atoms with Crippen molar-refractivity contribution in [3.63, 3.8) is 0 Å². The molecule has 7 nitrogen and oxygen atoms in total. The smallest absolute Gasteiger partial charge is 0.318 e. The Balaban J connectivity index is 4.06. The van der Waals surface area contributed by atoms with Crippen LogP contribution in [0.1, 0.15) is 26.7 Å². The Morgan fingerprint density at radius 1 is 1.35 bits per heavy atom. The summed E-state index contributed by atoms with van der Waals surface area (Å²) in [7, 11) is 0. The van der Waals surface area contributed by atoms with Gasteiger partial charge < -0.3 is 21.1 Å². The molecule has 0 fully saturated rings. The van der Waals surface area contributed by atoms with E-state index in [9.17, 15) is 14.4 Å². The number of primary amides is 1. The lowest BCUT2D eigenvalue weighted by Gasteiger charge is -2.25. The number of amides is 3. The molecule has 0 spiro atoms. The minimum Gasteiger partial charge on any atom is -0.481 e. The number of nitrogens with two attached hydrogens (primary N) is 1. The van der Waals surface area contributed by atoms with Crippen molar-refractivity contribution in [3.8, 4) is 0 Å². The summed E-state index contributed by atoms with van der Waals surface area (Å²) in [6.45, 7) is 3.63. The average molecular weight is 245 g/mol. The summed E-state index contributed by atoms with van der Waals surface area (Å²) >= 11 is 0. The van der Waals surface area contributed by atoms with Crippen molar-refractivity contribution in [2.45, 2.75) is 32.7 Å². The zero-order valence-electron chi connectivity index (χ0n) is 10.1. The first-order chi connectivity index (χ1) is 7.84. The van der Waals surface area contributed by atoms with Crippen LogP contribution in [0.2, 0.25) is 0 Å². The summed E-state index contributed by atoms with van der Waals surface area (Å²) in [4.78, 5) is 33.9. The molecule has 0 aromatic carbocycles. The fourth-order valence-corrected chi connectivity index (χ4v) is 1.19. The fourth-order valence-electron chi connectivity index (χ4n) is 1.19. The van der Waals surface area contributed by atoms with E-state index < -0.39 is 17.9 Å². The first-order valence-corrected chi connectivity index (χ1v) is 5.39. The van der Waals surface area contributed by atoms with Gasteiger partial charge in [-0.3, -0.25) is 9.59 Å². The van der Waals surface area contributed by atoms with Crippen molar-refractivity contribution in [1.29, 1.82) is 0 Å². The molecule has 0 aliphatic carbocycles. The summed E-state index contributed by atoms with van der Waals surface area (Å²) in [6, 6.07) is -0.564. The molecule has 7 heteroatoms. The quantitative estimate of drug-likeness (QED) is 0.537. The molecule has 0 atom stereocenters. The number of carbonyl (C=O) groups is 3. The lowest BCUT2D eigenvalue weighted by atomic mass is 10.3. The molecule has 0 unspecified atom stereocenters. The van der Waals surface area contributed by atoms with Crippen molar-refractivity contribution in [3.05, 3.63) is 0 Å². The number of rotatable bonds is 7. The van der Waals surface area contributed by atoms with Gasteiger partial charge in [-0.2, -0.15) is 0 Å². The SMILES string of the molecule is CC(C)N(CC(N)=O)C(=O)NCCCC(=O)O. The topological polar surface area (TPSA) is 113 Å². The van der Waals surface area contributed by atoms with Crippen LogP contribution in [-0.4, -0.2) is 47.0 Å². The molecule has 0 aliphatic rings. The minimum atomic E-state index is -0.905. The van der Waals surface area contributed by atoms with Gasteiger partial charge in [0, 0.05) is 19.0 Å². The molecule has 4 N–H and O–H groups in total. The number of hydrogen-bond acceptors (Lipinski definition) is 3. The number of nitrogens with one attached hydrogen (secondary N) is 1. The number of hydrogen-bond donors (Lipinski definition) is 3. The molecule has 0 aromatic heterocycles. The molecule has 0 aromatic rings. The Hall–Kier alpha value is -1.79. The maximum Gasteiger partial charge on any atom is 0.318 e. The second-order valence-electron chi connectivity index (χ2n) is 3.92. The molecule has 0 bridgehead atoms. The average Bonchev–Trinajstić information content (AvgIpc) is 2.19. The Morgan fingerprint density at radius 2 is 1.94 bits per heavy atom. The molecule has 17 heavy (non-hydrogen) atoms. The van der Waals surface area contributed by atoms with Gasteiger partial charge in [0.1, 0.15) is 6.54 Å². The van der Waals surface area contributed by atoms with E-state index >= 15 is 0 Å². The second kappa shape index (κ2) is 7.48. The first-order valence-electron chi connectivity index (χ1n) is 5.39. The van der Waals surface area contributed by atoms with E-state index in [1.54, 1.807) is 13.8 Å². The number of nitrogens with zero attached hydrogens (tertiary/aromatic N) is 1. The van der Waals surface area contributed by atoms with Crippen molar-refractivity contribution in [1.82, 2.24) is 10.2 Å². The monoisotopic (exact) mass is 245 g/mol. The van der Waals surface area contributed by atoms with Crippen LogP contribution < -0.4 is 11.1 Å². The maximum atomic E-state index is 11.6. The van der Waals surface area contributed by atoms with E-state index in [-0.39, 0.29) is 25.6 Å². The van der Waals surface area contributed by atoms with E-state index in [0.29, 0.717) is 6.42 Å². The first kappa shape index (κ1) is 15.2. The molecule has 0 saturated carbocycles. The molecular weight excluding hydrogens is 226 g/mol. The van der Waals surface area contributed by atoms with Crippen molar-refractivity contribution < 1.29 is 19.5 Å². The highest BCUT2D eigenvalue weighted by atomic mass is 16.4. The number of aliphatic carboxylic acids is 1. The molecule has 0 saturated heterocycles. The van der Waals surface area contributed by atoms with Crippen molar-refractivity contribution >= 4 is 17.9 Å². The minimum absolute atomic E-state index is 0.00220. The lowest BCUT2D eigenvalue weighted by Crippen LogP contribution is -2.48. The van der Waals surface area contributed by atoms with Gasteiger partial charge in [0.05, 0.1) is 0 Å². The standard InChI is InChI=1S/C10H19N3O4/c1-7(2)13(6-8(11)14)10(17)12-5-3-4-9(15)16/h7H,3-6H2,1-2H3,(H2,11,14)(H,12,17)(H,15,16). The summed E-state index contributed by atoms with van der Waals surface area (Å²) in [5.74, 6) is -1.49. The predicted octanol–water partition coefficient (Wildman–Crippen LogP) is -0.243.